The van der Waals surface area contributed by atoms with E-state index >= 15 is 0 Å². The molecule has 0 saturated carbocycles. The first kappa shape index (κ1) is 19.0. The molecule has 0 aliphatic rings. The lowest BCUT2D eigenvalue weighted by Crippen LogP contribution is -2.15. The smallest absolute Gasteiger partial charge is 0.259 e. The summed E-state index contributed by atoms with van der Waals surface area (Å²) in [4.78, 5) is 12.9. The predicted octanol–water partition coefficient (Wildman–Crippen LogP) is 6.29. The molecule has 1 amide bonds. The summed E-state index contributed by atoms with van der Waals surface area (Å²) in [5.41, 5.74) is 3.33. The Labute approximate surface area is 164 Å². The molecular formula is C23H22ClNO2. The van der Waals surface area contributed by atoms with Gasteiger partial charge in [0.1, 0.15) is 12.4 Å². The summed E-state index contributed by atoms with van der Waals surface area (Å²) in [7, 11) is 0. The summed E-state index contributed by atoms with van der Waals surface area (Å²) in [5.74, 6) is 0.561. The van der Waals surface area contributed by atoms with Gasteiger partial charge in [-0.15, -0.1) is 0 Å². The highest BCUT2D eigenvalue weighted by Crippen LogP contribution is 2.28. The molecule has 1 N–H and O–H groups in total. The number of rotatable bonds is 6. The van der Waals surface area contributed by atoms with Crippen molar-refractivity contribution in [2.75, 3.05) is 5.32 Å². The molecule has 3 rings (SSSR count). The van der Waals surface area contributed by atoms with Crippen molar-refractivity contribution < 1.29 is 9.53 Å². The Morgan fingerprint density at radius 2 is 1.70 bits per heavy atom. The third kappa shape index (κ3) is 4.89. The van der Waals surface area contributed by atoms with E-state index in [1.54, 1.807) is 18.2 Å². The lowest BCUT2D eigenvalue weighted by molar-refractivity contribution is 0.102. The number of amides is 1. The normalized spacial score (nSPS) is 10.7. The lowest BCUT2D eigenvalue weighted by atomic mass is 10.0. The number of para-hydroxylation sites is 1. The largest absolute Gasteiger partial charge is 0.488 e. The van der Waals surface area contributed by atoms with E-state index in [4.69, 9.17) is 16.3 Å². The van der Waals surface area contributed by atoms with E-state index in [9.17, 15) is 4.79 Å². The van der Waals surface area contributed by atoms with Gasteiger partial charge in [-0.2, -0.15) is 0 Å². The Morgan fingerprint density at radius 1 is 1.00 bits per heavy atom. The zero-order chi connectivity index (χ0) is 19.2. The Balaban J connectivity index is 1.83. The van der Waals surface area contributed by atoms with E-state index in [0.717, 1.165) is 16.8 Å². The molecular weight excluding hydrogens is 358 g/mol. The summed E-state index contributed by atoms with van der Waals surface area (Å²) in [5, 5.41) is 3.49. The van der Waals surface area contributed by atoms with E-state index in [1.807, 2.05) is 54.6 Å². The molecule has 0 aliphatic heterocycles. The molecule has 0 spiro atoms. The first-order valence-electron chi connectivity index (χ1n) is 8.91. The SMILES string of the molecule is CC(C)c1ccccc1NC(=O)c1cc(Cl)ccc1OCc1ccccc1. The minimum Gasteiger partial charge on any atom is -0.488 e. The van der Waals surface area contributed by atoms with Crippen LogP contribution in [0.4, 0.5) is 5.69 Å². The zero-order valence-electron chi connectivity index (χ0n) is 15.4. The molecule has 0 fully saturated rings. The average molecular weight is 380 g/mol. The molecule has 3 aromatic rings. The fourth-order valence-corrected chi connectivity index (χ4v) is 3.02. The van der Waals surface area contributed by atoms with Crippen molar-refractivity contribution in [1.29, 1.82) is 0 Å². The molecule has 3 nitrogen and oxygen atoms in total. The summed E-state index contributed by atoms with van der Waals surface area (Å²) < 4.78 is 5.90. The molecule has 0 unspecified atom stereocenters. The summed E-state index contributed by atoms with van der Waals surface area (Å²) >= 11 is 6.13. The van der Waals surface area contributed by atoms with Gasteiger partial charge in [-0.05, 0) is 41.3 Å². The number of benzene rings is 3. The van der Waals surface area contributed by atoms with E-state index in [2.05, 4.69) is 19.2 Å². The number of hydrogen-bond donors (Lipinski definition) is 1. The van der Waals surface area contributed by atoms with Crippen LogP contribution < -0.4 is 10.1 Å². The molecule has 0 aromatic heterocycles. The van der Waals surface area contributed by atoms with Gasteiger partial charge in [0.05, 0.1) is 5.56 Å². The number of hydrogen-bond acceptors (Lipinski definition) is 2. The fraction of sp³-hybridized carbons (Fsp3) is 0.174. The molecule has 138 valence electrons. The monoisotopic (exact) mass is 379 g/mol. The van der Waals surface area contributed by atoms with E-state index in [1.165, 1.54) is 0 Å². The number of halogens is 1. The molecule has 3 aromatic carbocycles. The highest BCUT2D eigenvalue weighted by Gasteiger charge is 2.16. The minimum atomic E-state index is -0.242. The van der Waals surface area contributed by atoms with Gasteiger partial charge < -0.3 is 10.1 Å². The van der Waals surface area contributed by atoms with E-state index in [-0.39, 0.29) is 5.91 Å². The predicted molar refractivity (Wildman–Crippen MR) is 111 cm³/mol. The van der Waals surface area contributed by atoms with Gasteiger partial charge in [-0.1, -0.05) is 74.0 Å². The first-order chi connectivity index (χ1) is 13.0. The molecule has 0 bridgehead atoms. The Bertz CT molecular complexity index is 923. The molecule has 27 heavy (non-hydrogen) atoms. The van der Waals surface area contributed by atoms with Gasteiger partial charge >= 0.3 is 0 Å². The van der Waals surface area contributed by atoms with Crippen LogP contribution in [0.15, 0.2) is 72.8 Å². The number of nitrogens with one attached hydrogen (secondary N) is 1. The second-order valence-electron chi connectivity index (χ2n) is 6.61. The Morgan fingerprint density at radius 3 is 2.44 bits per heavy atom. The van der Waals surface area contributed by atoms with Crippen molar-refractivity contribution in [3.05, 3.63) is 94.5 Å². The Hall–Kier alpha value is -2.78. The summed E-state index contributed by atoms with van der Waals surface area (Å²) in [6, 6.07) is 22.7. The third-order valence-electron chi connectivity index (χ3n) is 4.25. The topological polar surface area (TPSA) is 38.3 Å². The second-order valence-corrected chi connectivity index (χ2v) is 7.05. The first-order valence-corrected chi connectivity index (χ1v) is 9.29. The van der Waals surface area contributed by atoms with Crippen molar-refractivity contribution in [3.8, 4) is 5.75 Å². The zero-order valence-corrected chi connectivity index (χ0v) is 16.2. The van der Waals surface area contributed by atoms with Crippen molar-refractivity contribution >= 4 is 23.2 Å². The molecule has 0 saturated heterocycles. The number of ether oxygens (including phenoxy) is 1. The van der Waals surface area contributed by atoms with Crippen LogP contribution in [0.3, 0.4) is 0 Å². The van der Waals surface area contributed by atoms with Gasteiger partial charge in [0.25, 0.3) is 5.91 Å². The van der Waals surface area contributed by atoms with Crippen molar-refractivity contribution in [3.63, 3.8) is 0 Å². The second kappa shape index (κ2) is 8.74. The van der Waals surface area contributed by atoms with Gasteiger partial charge in [0.15, 0.2) is 0 Å². The van der Waals surface area contributed by atoms with Gasteiger partial charge in [0.2, 0.25) is 0 Å². The van der Waals surface area contributed by atoms with Crippen LogP contribution in [0.2, 0.25) is 5.02 Å². The highest BCUT2D eigenvalue weighted by molar-refractivity contribution is 6.31. The molecule has 0 radical (unpaired) electrons. The number of anilines is 1. The van der Waals surface area contributed by atoms with Crippen LogP contribution in [-0.2, 0) is 6.61 Å². The standard InChI is InChI=1S/C23H22ClNO2/c1-16(2)19-10-6-7-11-21(19)25-23(26)20-14-18(24)12-13-22(20)27-15-17-8-4-3-5-9-17/h3-14,16H,15H2,1-2H3,(H,25,26). The Kier molecular flexibility index (Phi) is 6.15. The van der Waals surface area contributed by atoms with Crippen LogP contribution in [-0.4, -0.2) is 5.91 Å². The van der Waals surface area contributed by atoms with E-state index < -0.39 is 0 Å². The molecule has 4 heteroatoms. The van der Waals surface area contributed by atoms with Gasteiger partial charge in [-0.25, -0.2) is 0 Å². The molecule has 0 aliphatic carbocycles. The maximum absolute atomic E-state index is 12.9. The van der Waals surface area contributed by atoms with Crippen molar-refractivity contribution in [2.24, 2.45) is 0 Å². The fourth-order valence-electron chi connectivity index (χ4n) is 2.84. The summed E-state index contributed by atoms with van der Waals surface area (Å²) in [6.45, 7) is 4.57. The van der Waals surface area contributed by atoms with Gasteiger partial charge in [0, 0.05) is 10.7 Å². The van der Waals surface area contributed by atoms with Crippen LogP contribution in [0.1, 0.15) is 41.3 Å². The lowest BCUT2D eigenvalue weighted by Gasteiger charge is -2.16. The van der Waals surface area contributed by atoms with Crippen LogP contribution in [0.5, 0.6) is 5.75 Å². The minimum absolute atomic E-state index is 0.242. The average Bonchev–Trinajstić information content (AvgIpc) is 2.68. The highest BCUT2D eigenvalue weighted by atomic mass is 35.5. The summed E-state index contributed by atoms with van der Waals surface area (Å²) in [6.07, 6.45) is 0. The van der Waals surface area contributed by atoms with E-state index in [0.29, 0.717) is 28.9 Å². The van der Waals surface area contributed by atoms with Crippen LogP contribution in [0, 0.1) is 0 Å². The molecule has 0 heterocycles. The third-order valence-corrected chi connectivity index (χ3v) is 4.49. The number of carbonyl (C=O) groups excluding carboxylic acids is 1. The number of carbonyl (C=O) groups is 1. The van der Waals surface area contributed by atoms with Gasteiger partial charge in [-0.3, -0.25) is 4.79 Å². The van der Waals surface area contributed by atoms with Crippen molar-refractivity contribution in [2.45, 2.75) is 26.4 Å². The van der Waals surface area contributed by atoms with Crippen molar-refractivity contribution in [1.82, 2.24) is 0 Å². The maximum Gasteiger partial charge on any atom is 0.259 e. The molecule has 0 atom stereocenters. The van der Waals surface area contributed by atoms with Crippen LogP contribution >= 0.6 is 11.6 Å². The van der Waals surface area contributed by atoms with Crippen LogP contribution in [0.25, 0.3) is 0 Å². The quantitative estimate of drug-likeness (QED) is 0.546. The maximum atomic E-state index is 12.9.